The molecule has 0 fully saturated rings. The number of hydrogen-bond donors (Lipinski definition) is 2. The van der Waals surface area contributed by atoms with E-state index < -0.39 is 30.1 Å². The molecule has 0 aliphatic carbocycles. The average Bonchev–Trinajstić information content (AvgIpc) is 2.49. The van der Waals surface area contributed by atoms with Crippen molar-refractivity contribution < 1.29 is 22.4 Å². The van der Waals surface area contributed by atoms with Gasteiger partial charge in [0.05, 0.1) is 15.6 Å². The number of benzene rings is 2. The van der Waals surface area contributed by atoms with E-state index in [4.69, 9.17) is 23.2 Å². The second kappa shape index (κ2) is 7.27. The quantitative estimate of drug-likeness (QED) is 0.680. The largest absolute Gasteiger partial charge is 0.416 e. The van der Waals surface area contributed by atoms with Crippen molar-refractivity contribution in [3.63, 3.8) is 0 Å². The smallest absolute Gasteiger partial charge is 0.334 e. The Kier molecular flexibility index (Phi) is 5.56. The first-order valence-corrected chi connectivity index (χ1v) is 7.28. The molecule has 0 spiro atoms. The van der Waals surface area contributed by atoms with Crippen LogP contribution in [0.3, 0.4) is 0 Å². The Morgan fingerprint density at radius 1 is 1.04 bits per heavy atom. The number of carbonyl (C=O) groups excluding carboxylic acids is 1. The van der Waals surface area contributed by atoms with Gasteiger partial charge in [-0.05, 0) is 36.4 Å². The molecule has 0 aliphatic heterocycles. The summed E-state index contributed by atoms with van der Waals surface area (Å²) >= 11 is 11.5. The highest BCUT2D eigenvalue weighted by Gasteiger charge is 2.31. The average molecular weight is 381 g/mol. The molecular weight excluding hydrogens is 371 g/mol. The van der Waals surface area contributed by atoms with Crippen molar-refractivity contribution in [1.82, 2.24) is 5.32 Å². The zero-order valence-corrected chi connectivity index (χ0v) is 13.4. The topological polar surface area (TPSA) is 41.1 Å². The summed E-state index contributed by atoms with van der Waals surface area (Å²) in [6.07, 6.45) is -4.59. The van der Waals surface area contributed by atoms with E-state index >= 15 is 0 Å². The number of rotatable bonds is 3. The van der Waals surface area contributed by atoms with Crippen LogP contribution in [0.5, 0.6) is 0 Å². The lowest BCUT2D eigenvalue weighted by molar-refractivity contribution is -0.137. The summed E-state index contributed by atoms with van der Waals surface area (Å²) in [6.45, 7) is -0.414. The summed E-state index contributed by atoms with van der Waals surface area (Å²) in [5.74, 6) is -0.849. The van der Waals surface area contributed by atoms with Crippen LogP contribution in [0.1, 0.15) is 11.1 Å². The fourth-order valence-corrected chi connectivity index (χ4v) is 2.11. The van der Waals surface area contributed by atoms with E-state index in [0.717, 1.165) is 0 Å². The van der Waals surface area contributed by atoms with E-state index in [1.807, 2.05) is 0 Å². The molecule has 2 amide bonds. The highest BCUT2D eigenvalue weighted by Crippen LogP contribution is 2.30. The molecule has 2 N–H and O–H groups in total. The van der Waals surface area contributed by atoms with Gasteiger partial charge in [0.1, 0.15) is 5.82 Å². The minimum Gasteiger partial charge on any atom is -0.334 e. The molecule has 9 heteroatoms. The van der Waals surface area contributed by atoms with Crippen molar-refractivity contribution in [2.75, 3.05) is 5.32 Å². The maximum absolute atomic E-state index is 13.6. The van der Waals surface area contributed by atoms with E-state index in [2.05, 4.69) is 10.6 Å². The fraction of sp³-hybridized carbons (Fsp3) is 0.133. The third-order valence-electron chi connectivity index (χ3n) is 2.99. The molecule has 2 aromatic carbocycles. The standard InChI is InChI=1S/C15H10Cl2F4N2O/c16-11-3-2-10(6-12(11)17)23-14(24)22-7-8-5-9(15(19,20)21)1-4-13(8)18/h1-6H,7H2,(H2,22,23,24). The number of urea groups is 1. The van der Waals surface area contributed by atoms with Crippen LogP contribution in [0.15, 0.2) is 36.4 Å². The lowest BCUT2D eigenvalue weighted by atomic mass is 10.1. The second-order valence-electron chi connectivity index (χ2n) is 4.74. The van der Waals surface area contributed by atoms with Gasteiger partial charge in [-0.15, -0.1) is 0 Å². The Bertz CT molecular complexity index is 766. The second-order valence-corrected chi connectivity index (χ2v) is 5.55. The third-order valence-corrected chi connectivity index (χ3v) is 3.73. The van der Waals surface area contributed by atoms with Gasteiger partial charge < -0.3 is 10.6 Å². The molecule has 3 nitrogen and oxygen atoms in total. The maximum Gasteiger partial charge on any atom is 0.416 e. The summed E-state index contributed by atoms with van der Waals surface area (Å²) in [5.41, 5.74) is -0.953. The van der Waals surface area contributed by atoms with Crippen LogP contribution >= 0.6 is 23.2 Å². The van der Waals surface area contributed by atoms with Crippen molar-refractivity contribution in [2.24, 2.45) is 0 Å². The highest BCUT2D eigenvalue weighted by molar-refractivity contribution is 6.42. The van der Waals surface area contributed by atoms with Crippen molar-refractivity contribution >= 4 is 34.9 Å². The predicted molar refractivity (Wildman–Crippen MR) is 83.7 cm³/mol. The van der Waals surface area contributed by atoms with Gasteiger partial charge in [0.2, 0.25) is 0 Å². The highest BCUT2D eigenvalue weighted by atomic mass is 35.5. The molecule has 0 atom stereocenters. The summed E-state index contributed by atoms with van der Waals surface area (Å²) in [4.78, 5) is 11.7. The van der Waals surface area contributed by atoms with Gasteiger partial charge in [-0.3, -0.25) is 0 Å². The van der Waals surface area contributed by atoms with E-state index in [1.54, 1.807) is 0 Å². The minimum atomic E-state index is -4.59. The Hall–Kier alpha value is -1.99. The van der Waals surface area contributed by atoms with E-state index in [0.29, 0.717) is 28.9 Å². The first-order chi connectivity index (χ1) is 11.2. The molecule has 0 bridgehead atoms. The van der Waals surface area contributed by atoms with E-state index in [1.165, 1.54) is 18.2 Å². The zero-order chi connectivity index (χ0) is 17.9. The Morgan fingerprint density at radius 3 is 2.38 bits per heavy atom. The molecular formula is C15H10Cl2F4N2O. The molecule has 2 rings (SSSR count). The van der Waals surface area contributed by atoms with Gasteiger partial charge in [0.25, 0.3) is 0 Å². The molecule has 24 heavy (non-hydrogen) atoms. The van der Waals surface area contributed by atoms with Gasteiger partial charge in [-0.1, -0.05) is 23.2 Å². The van der Waals surface area contributed by atoms with Crippen molar-refractivity contribution in [1.29, 1.82) is 0 Å². The van der Waals surface area contributed by atoms with Crippen LogP contribution in [0.2, 0.25) is 10.0 Å². The maximum atomic E-state index is 13.6. The molecule has 128 valence electrons. The van der Waals surface area contributed by atoms with Crippen LogP contribution in [-0.4, -0.2) is 6.03 Å². The first-order valence-electron chi connectivity index (χ1n) is 6.52. The normalized spacial score (nSPS) is 11.2. The summed E-state index contributed by atoms with van der Waals surface area (Å²) in [7, 11) is 0. The number of amides is 2. The van der Waals surface area contributed by atoms with Crippen LogP contribution in [-0.2, 0) is 12.7 Å². The molecule has 0 radical (unpaired) electrons. The summed E-state index contributed by atoms with van der Waals surface area (Å²) in [5, 5.41) is 5.19. The minimum absolute atomic E-state index is 0.221. The van der Waals surface area contributed by atoms with Crippen LogP contribution in [0.4, 0.5) is 28.0 Å². The first kappa shape index (κ1) is 18.4. The van der Waals surface area contributed by atoms with Crippen molar-refractivity contribution in [3.8, 4) is 0 Å². The summed E-state index contributed by atoms with van der Waals surface area (Å²) < 4.78 is 51.4. The predicted octanol–water partition coefficient (Wildman–Crippen LogP) is 5.47. The summed E-state index contributed by atoms with van der Waals surface area (Å²) in [6, 6.07) is 5.60. The Balaban J connectivity index is 2.02. The monoisotopic (exact) mass is 380 g/mol. The van der Waals surface area contributed by atoms with Gasteiger partial charge in [0, 0.05) is 17.8 Å². The third kappa shape index (κ3) is 4.75. The molecule has 0 unspecified atom stereocenters. The van der Waals surface area contributed by atoms with Gasteiger partial charge >= 0.3 is 12.2 Å². The number of alkyl halides is 3. The van der Waals surface area contributed by atoms with Gasteiger partial charge in [0.15, 0.2) is 0 Å². The SMILES string of the molecule is O=C(NCc1cc(C(F)(F)F)ccc1F)Nc1ccc(Cl)c(Cl)c1. The van der Waals surface area contributed by atoms with Crippen LogP contribution in [0.25, 0.3) is 0 Å². The van der Waals surface area contributed by atoms with E-state index in [9.17, 15) is 22.4 Å². The van der Waals surface area contributed by atoms with Crippen molar-refractivity contribution in [2.45, 2.75) is 12.7 Å². The molecule has 0 saturated carbocycles. The lowest BCUT2D eigenvalue weighted by Crippen LogP contribution is -2.28. The Morgan fingerprint density at radius 2 is 1.75 bits per heavy atom. The molecule has 0 aliphatic rings. The number of nitrogens with one attached hydrogen (secondary N) is 2. The number of anilines is 1. The van der Waals surface area contributed by atoms with Crippen LogP contribution in [0, 0.1) is 5.82 Å². The van der Waals surface area contributed by atoms with Gasteiger partial charge in [-0.25, -0.2) is 9.18 Å². The zero-order valence-electron chi connectivity index (χ0n) is 11.8. The molecule has 0 aromatic heterocycles. The number of halogens is 6. The van der Waals surface area contributed by atoms with Crippen molar-refractivity contribution in [3.05, 3.63) is 63.4 Å². The number of hydrogen-bond acceptors (Lipinski definition) is 1. The van der Waals surface area contributed by atoms with E-state index in [-0.39, 0.29) is 10.6 Å². The number of carbonyl (C=O) groups is 1. The Labute approximate surface area is 144 Å². The van der Waals surface area contributed by atoms with Crippen LogP contribution < -0.4 is 10.6 Å². The molecule has 0 saturated heterocycles. The fourth-order valence-electron chi connectivity index (χ4n) is 1.81. The lowest BCUT2D eigenvalue weighted by Gasteiger charge is -2.11. The molecule has 0 heterocycles. The molecule has 2 aromatic rings. The van der Waals surface area contributed by atoms with Gasteiger partial charge in [-0.2, -0.15) is 13.2 Å².